The largest absolute Gasteiger partial charge is 0.320 e. The third-order valence-electron chi connectivity index (χ3n) is 2.09. The zero-order valence-electron chi connectivity index (χ0n) is 8.61. The van der Waals surface area contributed by atoms with E-state index in [9.17, 15) is 4.79 Å². The van der Waals surface area contributed by atoms with E-state index in [4.69, 9.17) is 5.26 Å². The minimum absolute atomic E-state index is 0.205. The number of halogens is 1. The van der Waals surface area contributed by atoms with Crippen LogP contribution in [0.3, 0.4) is 0 Å². The Balaban J connectivity index is 2.22. The molecule has 0 aliphatic carbocycles. The van der Waals surface area contributed by atoms with E-state index in [1.807, 2.05) is 12.1 Å². The smallest absolute Gasteiger partial charge is 0.265 e. The third-order valence-corrected chi connectivity index (χ3v) is 3.72. The van der Waals surface area contributed by atoms with Crippen LogP contribution in [0, 0.1) is 11.3 Å². The van der Waals surface area contributed by atoms with Crippen molar-refractivity contribution in [2.75, 3.05) is 5.32 Å². The van der Waals surface area contributed by atoms with Gasteiger partial charge in [-0.2, -0.15) is 5.26 Å². The maximum Gasteiger partial charge on any atom is 0.265 e. The van der Waals surface area contributed by atoms with E-state index in [2.05, 4.69) is 21.2 Å². The highest BCUT2D eigenvalue weighted by Crippen LogP contribution is 2.23. The molecule has 1 amide bonds. The second-order valence-corrected chi connectivity index (χ2v) is 5.68. The number of amides is 1. The number of nitrogens with one attached hydrogen (secondary N) is 1. The molecule has 0 unspecified atom stereocenters. The van der Waals surface area contributed by atoms with Gasteiger partial charge in [-0.15, -0.1) is 11.3 Å². The van der Waals surface area contributed by atoms with Crippen molar-refractivity contribution in [3.63, 3.8) is 0 Å². The first-order chi connectivity index (χ1) is 8.20. The summed E-state index contributed by atoms with van der Waals surface area (Å²) in [6.07, 6.45) is 0. The van der Waals surface area contributed by atoms with Gasteiger partial charge in [0.2, 0.25) is 0 Å². The molecule has 84 valence electrons. The molecular weight excluding hydrogens is 300 g/mol. The van der Waals surface area contributed by atoms with Crippen molar-refractivity contribution in [3.8, 4) is 6.07 Å². The van der Waals surface area contributed by atoms with Crippen LogP contribution in [-0.2, 0) is 0 Å². The minimum Gasteiger partial charge on any atom is -0.320 e. The monoisotopic (exact) mass is 306 g/mol. The van der Waals surface area contributed by atoms with Gasteiger partial charge in [0, 0.05) is 0 Å². The molecule has 0 aliphatic heterocycles. The van der Waals surface area contributed by atoms with Gasteiger partial charge in [0.15, 0.2) is 0 Å². The number of anilines is 1. The van der Waals surface area contributed by atoms with Crippen LogP contribution in [0.15, 0.2) is 40.2 Å². The summed E-state index contributed by atoms with van der Waals surface area (Å²) in [5.41, 5.74) is 0.987. The quantitative estimate of drug-likeness (QED) is 0.921. The number of hydrogen-bond acceptors (Lipinski definition) is 3. The molecule has 0 saturated carbocycles. The zero-order valence-corrected chi connectivity index (χ0v) is 11.0. The number of nitriles is 1. The van der Waals surface area contributed by atoms with Gasteiger partial charge in [-0.05, 0) is 40.2 Å². The molecule has 3 nitrogen and oxygen atoms in total. The Bertz CT molecular complexity index is 601. The number of benzene rings is 1. The molecular formula is C12H7BrN2OS. The second-order valence-electron chi connectivity index (χ2n) is 3.22. The lowest BCUT2D eigenvalue weighted by atomic mass is 10.2. The summed E-state index contributed by atoms with van der Waals surface area (Å²) >= 11 is 4.65. The topological polar surface area (TPSA) is 52.9 Å². The highest BCUT2D eigenvalue weighted by Gasteiger charge is 2.10. The van der Waals surface area contributed by atoms with Crippen molar-refractivity contribution in [3.05, 3.63) is 50.6 Å². The van der Waals surface area contributed by atoms with Gasteiger partial charge in [0.25, 0.3) is 5.91 Å². The Morgan fingerprint density at radius 1 is 1.29 bits per heavy atom. The lowest BCUT2D eigenvalue weighted by Crippen LogP contribution is -2.11. The number of nitrogens with zero attached hydrogens (tertiary/aromatic N) is 1. The van der Waals surface area contributed by atoms with Gasteiger partial charge >= 0.3 is 0 Å². The van der Waals surface area contributed by atoms with Crippen molar-refractivity contribution in [1.82, 2.24) is 0 Å². The molecule has 5 heteroatoms. The number of thiophene rings is 1. The number of carbonyl (C=O) groups is 1. The molecule has 2 aromatic rings. The summed E-state index contributed by atoms with van der Waals surface area (Å²) in [5, 5.41) is 11.6. The average Bonchev–Trinajstić information content (AvgIpc) is 2.77. The Labute approximate surface area is 111 Å². The summed E-state index contributed by atoms with van der Waals surface area (Å²) in [7, 11) is 0. The summed E-state index contributed by atoms with van der Waals surface area (Å²) in [5.74, 6) is -0.205. The van der Waals surface area contributed by atoms with Crippen LogP contribution < -0.4 is 5.32 Å². The SMILES string of the molecule is N#Cc1ccccc1NC(=O)c1ccc(Br)s1. The van der Waals surface area contributed by atoms with Crippen LogP contribution in [0.4, 0.5) is 5.69 Å². The molecule has 0 saturated heterocycles. The third kappa shape index (κ3) is 2.73. The molecule has 0 spiro atoms. The lowest BCUT2D eigenvalue weighted by Gasteiger charge is -2.04. The van der Waals surface area contributed by atoms with Crippen molar-refractivity contribution < 1.29 is 4.79 Å². The van der Waals surface area contributed by atoms with Gasteiger partial charge in [-0.25, -0.2) is 0 Å². The van der Waals surface area contributed by atoms with Crippen LogP contribution in [0.25, 0.3) is 0 Å². The lowest BCUT2D eigenvalue weighted by molar-refractivity contribution is 0.103. The predicted molar refractivity (Wildman–Crippen MR) is 71.1 cm³/mol. The van der Waals surface area contributed by atoms with Gasteiger partial charge < -0.3 is 5.32 Å². The van der Waals surface area contributed by atoms with Crippen LogP contribution in [-0.4, -0.2) is 5.91 Å². The fourth-order valence-corrected chi connectivity index (χ4v) is 2.59. The van der Waals surface area contributed by atoms with E-state index in [0.717, 1.165) is 3.79 Å². The van der Waals surface area contributed by atoms with Gasteiger partial charge in [-0.3, -0.25) is 4.79 Å². The molecule has 0 radical (unpaired) electrons. The molecule has 1 aromatic carbocycles. The highest BCUT2D eigenvalue weighted by atomic mass is 79.9. The Morgan fingerprint density at radius 3 is 2.71 bits per heavy atom. The molecule has 2 rings (SSSR count). The van der Waals surface area contributed by atoms with Crippen LogP contribution in [0.2, 0.25) is 0 Å². The van der Waals surface area contributed by atoms with Gasteiger partial charge in [0.05, 0.1) is 19.9 Å². The number of hydrogen-bond donors (Lipinski definition) is 1. The van der Waals surface area contributed by atoms with E-state index in [-0.39, 0.29) is 5.91 Å². The van der Waals surface area contributed by atoms with E-state index in [1.165, 1.54) is 11.3 Å². The van der Waals surface area contributed by atoms with Crippen LogP contribution >= 0.6 is 27.3 Å². The summed E-state index contributed by atoms with van der Waals surface area (Å²) < 4.78 is 0.899. The van der Waals surface area contributed by atoms with E-state index < -0.39 is 0 Å². The van der Waals surface area contributed by atoms with E-state index in [1.54, 1.807) is 30.3 Å². The molecule has 1 aromatic heterocycles. The molecule has 0 aliphatic rings. The molecule has 0 atom stereocenters. The maximum absolute atomic E-state index is 11.9. The highest BCUT2D eigenvalue weighted by molar-refractivity contribution is 9.11. The van der Waals surface area contributed by atoms with Crippen molar-refractivity contribution in [2.24, 2.45) is 0 Å². The average molecular weight is 307 g/mol. The normalized spacial score (nSPS) is 9.65. The predicted octanol–water partition coefficient (Wildman–Crippen LogP) is 3.63. The fraction of sp³-hybridized carbons (Fsp3) is 0. The van der Waals surface area contributed by atoms with Crippen LogP contribution in [0.5, 0.6) is 0 Å². The zero-order chi connectivity index (χ0) is 12.3. The van der Waals surface area contributed by atoms with Crippen molar-refractivity contribution in [1.29, 1.82) is 5.26 Å². The second kappa shape index (κ2) is 5.13. The molecule has 17 heavy (non-hydrogen) atoms. The molecule has 0 fully saturated rings. The van der Waals surface area contributed by atoms with Crippen molar-refractivity contribution in [2.45, 2.75) is 0 Å². The summed E-state index contributed by atoms with van der Waals surface area (Å²) in [4.78, 5) is 12.5. The Kier molecular flexibility index (Phi) is 3.57. The molecule has 1 N–H and O–H groups in total. The number of rotatable bonds is 2. The summed E-state index contributed by atoms with van der Waals surface area (Å²) in [6.45, 7) is 0. The fourth-order valence-electron chi connectivity index (χ4n) is 1.31. The first-order valence-electron chi connectivity index (χ1n) is 4.76. The Morgan fingerprint density at radius 2 is 2.06 bits per heavy atom. The van der Waals surface area contributed by atoms with Gasteiger partial charge in [0.1, 0.15) is 6.07 Å². The molecule has 0 bridgehead atoms. The minimum atomic E-state index is -0.205. The first kappa shape index (κ1) is 11.8. The maximum atomic E-state index is 11.9. The van der Waals surface area contributed by atoms with E-state index >= 15 is 0 Å². The first-order valence-corrected chi connectivity index (χ1v) is 6.37. The number of carbonyl (C=O) groups excluding carboxylic acids is 1. The summed E-state index contributed by atoms with van der Waals surface area (Å²) in [6, 6.07) is 12.5. The van der Waals surface area contributed by atoms with Crippen LogP contribution in [0.1, 0.15) is 15.2 Å². The van der Waals surface area contributed by atoms with Crippen molar-refractivity contribution >= 4 is 38.9 Å². The Hall–Kier alpha value is -1.64. The van der Waals surface area contributed by atoms with Gasteiger partial charge in [-0.1, -0.05) is 12.1 Å². The van der Waals surface area contributed by atoms with E-state index in [0.29, 0.717) is 16.1 Å². The molecule has 1 heterocycles. The standard InChI is InChI=1S/C12H7BrN2OS/c13-11-6-5-10(17-11)12(16)15-9-4-2-1-3-8(9)7-14/h1-6H,(H,15,16). The number of para-hydroxylation sites is 1.